The highest BCUT2D eigenvalue weighted by molar-refractivity contribution is 5.84. The Morgan fingerprint density at radius 2 is 1.47 bits per heavy atom. The van der Waals surface area contributed by atoms with Gasteiger partial charge in [0, 0.05) is 31.4 Å². The summed E-state index contributed by atoms with van der Waals surface area (Å²) in [5.74, 6) is 0.508. The third-order valence-corrected chi connectivity index (χ3v) is 6.84. The van der Waals surface area contributed by atoms with Gasteiger partial charge in [0.2, 0.25) is 0 Å². The molecule has 1 fully saturated rings. The first-order valence-corrected chi connectivity index (χ1v) is 11.2. The Balaban J connectivity index is 1.35. The minimum atomic E-state index is -0.909. The zero-order valence-electron chi connectivity index (χ0n) is 18.3. The number of rotatable bonds is 3. The van der Waals surface area contributed by atoms with Crippen LogP contribution in [0.4, 0.5) is 5.69 Å². The molecule has 2 aliphatic rings. The molecule has 0 bridgehead atoms. The molecular formula is C28H27N3O. The van der Waals surface area contributed by atoms with Gasteiger partial charge in [-0.05, 0) is 41.5 Å². The van der Waals surface area contributed by atoms with Crippen LogP contribution in [0.1, 0.15) is 29.9 Å². The number of nitrogens with zero attached hydrogens (tertiary/aromatic N) is 3. The first-order valence-electron chi connectivity index (χ1n) is 11.2. The molecule has 0 aliphatic carbocycles. The Kier molecular flexibility index (Phi) is 5.43. The van der Waals surface area contributed by atoms with Crippen molar-refractivity contribution in [1.82, 2.24) is 4.90 Å². The minimum absolute atomic E-state index is 0.442. The standard InChI is InChI=1S/C28H27N3O/c1-30-26-10-6-5-9-24(26)27(25(19-29)28(30)32)31-17-15-23(16-18-31)22-13-11-21(12-14-22)20-7-3-2-4-8-20/h2-14,23,28,32H,15-18H2,1H3. The fraction of sp³-hybridized carbons (Fsp3) is 0.250. The van der Waals surface area contributed by atoms with Crippen molar-refractivity contribution in [2.45, 2.75) is 25.0 Å². The number of hydrogen-bond acceptors (Lipinski definition) is 4. The van der Waals surface area contributed by atoms with Crippen LogP contribution in [0.15, 0.2) is 84.4 Å². The molecule has 160 valence electrons. The first kappa shape index (κ1) is 20.4. The molecule has 32 heavy (non-hydrogen) atoms. The quantitative estimate of drug-likeness (QED) is 0.629. The van der Waals surface area contributed by atoms with Crippen LogP contribution in [0.2, 0.25) is 0 Å². The summed E-state index contributed by atoms with van der Waals surface area (Å²) in [6, 6.07) is 29.7. The summed E-state index contributed by atoms with van der Waals surface area (Å²) in [6.45, 7) is 1.74. The molecule has 1 N–H and O–H groups in total. The second kappa shape index (κ2) is 8.53. The lowest BCUT2D eigenvalue weighted by atomic mass is 9.87. The number of nitriles is 1. The number of hydrogen-bond donors (Lipinski definition) is 1. The third-order valence-electron chi connectivity index (χ3n) is 6.84. The van der Waals surface area contributed by atoms with Crippen LogP contribution >= 0.6 is 0 Å². The van der Waals surface area contributed by atoms with E-state index in [9.17, 15) is 10.4 Å². The second-order valence-electron chi connectivity index (χ2n) is 8.63. The molecule has 3 aromatic carbocycles. The van der Waals surface area contributed by atoms with E-state index in [1.165, 1.54) is 16.7 Å². The van der Waals surface area contributed by atoms with Gasteiger partial charge in [-0.15, -0.1) is 0 Å². The highest BCUT2D eigenvalue weighted by atomic mass is 16.3. The number of fused-ring (bicyclic) bond motifs is 1. The maximum atomic E-state index is 10.8. The van der Waals surface area contributed by atoms with Crippen LogP contribution in [-0.2, 0) is 0 Å². The SMILES string of the molecule is CN1c2ccccc2C(N2CCC(c3ccc(-c4ccccc4)cc3)CC2)=C(C#N)C1O. The van der Waals surface area contributed by atoms with Crippen molar-refractivity contribution in [3.63, 3.8) is 0 Å². The molecule has 4 nitrogen and oxygen atoms in total. The van der Waals surface area contributed by atoms with E-state index in [-0.39, 0.29) is 0 Å². The molecule has 0 radical (unpaired) electrons. The number of piperidine rings is 1. The third kappa shape index (κ3) is 3.55. The summed E-state index contributed by atoms with van der Waals surface area (Å²) >= 11 is 0. The van der Waals surface area contributed by atoms with Gasteiger partial charge in [0.05, 0.1) is 5.70 Å². The molecule has 5 rings (SSSR count). The Labute approximate surface area is 189 Å². The summed E-state index contributed by atoms with van der Waals surface area (Å²) in [5, 5.41) is 20.6. The van der Waals surface area contributed by atoms with Crippen molar-refractivity contribution in [2.75, 3.05) is 25.0 Å². The maximum Gasteiger partial charge on any atom is 0.165 e. The minimum Gasteiger partial charge on any atom is -0.370 e. The number of anilines is 1. The van der Waals surface area contributed by atoms with Gasteiger partial charge < -0.3 is 14.9 Å². The average Bonchev–Trinajstić information content (AvgIpc) is 2.87. The van der Waals surface area contributed by atoms with E-state index < -0.39 is 6.23 Å². The van der Waals surface area contributed by atoms with Crippen molar-refractivity contribution < 1.29 is 5.11 Å². The van der Waals surface area contributed by atoms with E-state index in [1.807, 2.05) is 31.3 Å². The number of para-hydroxylation sites is 1. The van der Waals surface area contributed by atoms with E-state index >= 15 is 0 Å². The molecular weight excluding hydrogens is 394 g/mol. The van der Waals surface area contributed by atoms with Crippen LogP contribution in [0.3, 0.4) is 0 Å². The number of likely N-dealkylation sites (tertiary alicyclic amines) is 1. The monoisotopic (exact) mass is 421 g/mol. The summed E-state index contributed by atoms with van der Waals surface area (Å²) in [5.41, 5.74) is 7.19. The summed E-state index contributed by atoms with van der Waals surface area (Å²) in [6.07, 6.45) is 1.15. The zero-order valence-corrected chi connectivity index (χ0v) is 18.3. The number of aliphatic hydroxyl groups excluding tert-OH is 1. The summed E-state index contributed by atoms with van der Waals surface area (Å²) in [4.78, 5) is 4.07. The van der Waals surface area contributed by atoms with Gasteiger partial charge in [-0.3, -0.25) is 0 Å². The van der Waals surface area contributed by atoms with Gasteiger partial charge in [-0.2, -0.15) is 5.26 Å². The highest BCUT2D eigenvalue weighted by Crippen LogP contribution is 2.41. The van der Waals surface area contributed by atoms with E-state index in [4.69, 9.17) is 0 Å². The lowest BCUT2D eigenvalue weighted by Crippen LogP contribution is -2.41. The Bertz CT molecular complexity index is 1170. The summed E-state index contributed by atoms with van der Waals surface area (Å²) in [7, 11) is 1.84. The Hall–Kier alpha value is -3.55. The molecule has 2 aliphatic heterocycles. The number of benzene rings is 3. The van der Waals surface area contributed by atoms with Crippen molar-refractivity contribution in [2.24, 2.45) is 0 Å². The normalized spacial score (nSPS) is 19.0. The van der Waals surface area contributed by atoms with Crippen LogP contribution in [0.25, 0.3) is 16.8 Å². The fourth-order valence-corrected chi connectivity index (χ4v) is 5.04. The molecule has 3 aromatic rings. The largest absolute Gasteiger partial charge is 0.370 e. The van der Waals surface area contributed by atoms with Crippen molar-refractivity contribution in [3.05, 3.63) is 95.6 Å². The van der Waals surface area contributed by atoms with Crippen molar-refractivity contribution in [3.8, 4) is 17.2 Å². The summed E-state index contributed by atoms with van der Waals surface area (Å²) < 4.78 is 0. The number of aliphatic hydroxyl groups is 1. The van der Waals surface area contributed by atoms with Gasteiger partial charge in [0.15, 0.2) is 6.23 Å². The molecule has 2 heterocycles. The predicted molar refractivity (Wildman–Crippen MR) is 129 cm³/mol. The Morgan fingerprint density at radius 1 is 0.844 bits per heavy atom. The van der Waals surface area contributed by atoms with Gasteiger partial charge in [0.25, 0.3) is 0 Å². The molecule has 0 spiro atoms. The smallest absolute Gasteiger partial charge is 0.165 e. The molecule has 0 aromatic heterocycles. The van der Waals surface area contributed by atoms with E-state index in [2.05, 4.69) is 65.6 Å². The van der Waals surface area contributed by atoms with Crippen molar-refractivity contribution >= 4 is 11.4 Å². The average molecular weight is 422 g/mol. The van der Waals surface area contributed by atoms with Crippen LogP contribution < -0.4 is 4.90 Å². The van der Waals surface area contributed by atoms with Crippen LogP contribution in [0, 0.1) is 11.3 Å². The molecule has 1 saturated heterocycles. The molecule has 0 saturated carbocycles. The highest BCUT2D eigenvalue weighted by Gasteiger charge is 2.34. The molecule has 0 amide bonds. The van der Waals surface area contributed by atoms with E-state index in [0.29, 0.717) is 11.5 Å². The maximum absolute atomic E-state index is 10.8. The van der Waals surface area contributed by atoms with Crippen molar-refractivity contribution in [1.29, 1.82) is 5.26 Å². The lowest BCUT2D eigenvalue weighted by molar-refractivity contribution is 0.209. The lowest BCUT2D eigenvalue weighted by Gasteiger charge is -2.41. The van der Waals surface area contributed by atoms with Gasteiger partial charge in [-0.25, -0.2) is 0 Å². The first-order chi connectivity index (χ1) is 15.7. The van der Waals surface area contributed by atoms with Gasteiger partial charge in [0.1, 0.15) is 11.6 Å². The number of likely N-dealkylation sites (N-methyl/N-ethyl adjacent to an activating group) is 1. The van der Waals surface area contributed by atoms with E-state index in [1.54, 1.807) is 4.90 Å². The molecule has 1 unspecified atom stereocenters. The molecule has 1 atom stereocenters. The molecule has 4 heteroatoms. The van der Waals surface area contributed by atoms with Gasteiger partial charge >= 0.3 is 0 Å². The zero-order chi connectivity index (χ0) is 22.1. The topological polar surface area (TPSA) is 50.5 Å². The van der Waals surface area contributed by atoms with Crippen LogP contribution in [-0.4, -0.2) is 36.4 Å². The predicted octanol–water partition coefficient (Wildman–Crippen LogP) is 5.24. The van der Waals surface area contributed by atoms with Gasteiger partial charge in [-0.1, -0.05) is 72.8 Å². The van der Waals surface area contributed by atoms with E-state index in [0.717, 1.165) is 42.9 Å². The van der Waals surface area contributed by atoms with Crippen LogP contribution in [0.5, 0.6) is 0 Å². The Morgan fingerprint density at radius 3 is 2.16 bits per heavy atom. The second-order valence-corrected chi connectivity index (χ2v) is 8.63. The fourth-order valence-electron chi connectivity index (χ4n) is 5.04.